The summed E-state index contributed by atoms with van der Waals surface area (Å²) in [6.07, 6.45) is 0. The molecule has 1 atom stereocenters. The molecule has 1 unspecified atom stereocenters. The van der Waals surface area contributed by atoms with Crippen molar-refractivity contribution in [2.75, 3.05) is 32.3 Å². The zero-order valence-corrected chi connectivity index (χ0v) is 23.3. The molecule has 1 fully saturated rings. The van der Waals surface area contributed by atoms with Gasteiger partial charge in [0.15, 0.2) is 16.6 Å². The summed E-state index contributed by atoms with van der Waals surface area (Å²) in [7, 11) is 3.02. The van der Waals surface area contributed by atoms with Gasteiger partial charge in [0.1, 0.15) is 17.3 Å². The molecule has 0 bridgehead atoms. The molecule has 0 spiro atoms. The van der Waals surface area contributed by atoms with Crippen LogP contribution in [-0.4, -0.2) is 49.2 Å². The van der Waals surface area contributed by atoms with Crippen molar-refractivity contribution in [3.63, 3.8) is 0 Å². The van der Waals surface area contributed by atoms with E-state index in [4.69, 9.17) is 18.9 Å². The van der Waals surface area contributed by atoms with Crippen LogP contribution < -0.4 is 23.8 Å². The maximum absolute atomic E-state index is 13.6. The molecule has 0 aliphatic carbocycles. The van der Waals surface area contributed by atoms with Crippen molar-refractivity contribution in [2.45, 2.75) is 19.9 Å². The van der Waals surface area contributed by atoms with E-state index in [9.17, 15) is 14.7 Å². The fraction of sp³-hybridized carbons (Fsp3) is 0.233. The van der Waals surface area contributed by atoms with Gasteiger partial charge in [-0.1, -0.05) is 29.5 Å². The van der Waals surface area contributed by atoms with E-state index in [2.05, 4.69) is 4.98 Å². The lowest BCUT2D eigenvalue weighted by Crippen LogP contribution is -2.29. The molecule has 0 radical (unpaired) electrons. The molecule has 9 nitrogen and oxygen atoms in total. The number of ether oxygens (including phenoxy) is 4. The van der Waals surface area contributed by atoms with Crippen LogP contribution in [0.1, 0.15) is 31.0 Å². The molecule has 1 saturated heterocycles. The van der Waals surface area contributed by atoms with Gasteiger partial charge in [-0.05, 0) is 61.9 Å². The van der Waals surface area contributed by atoms with Crippen molar-refractivity contribution in [1.29, 1.82) is 0 Å². The first-order chi connectivity index (χ1) is 19.4. The summed E-state index contributed by atoms with van der Waals surface area (Å²) in [6, 6.07) is 16.3. The van der Waals surface area contributed by atoms with Crippen LogP contribution >= 0.6 is 11.3 Å². The molecular formula is C30H28N2O7S. The summed E-state index contributed by atoms with van der Waals surface area (Å²) in [5.74, 6) is 0.157. The molecule has 1 N–H and O–H groups in total. The average Bonchev–Trinajstić information content (AvgIpc) is 3.50. The monoisotopic (exact) mass is 560 g/mol. The van der Waals surface area contributed by atoms with Crippen molar-refractivity contribution >= 4 is 44.1 Å². The number of thiazole rings is 1. The summed E-state index contributed by atoms with van der Waals surface area (Å²) >= 11 is 1.26. The minimum atomic E-state index is -0.984. The van der Waals surface area contributed by atoms with E-state index >= 15 is 0 Å². The number of Topliss-reactive ketones (excluding diaryl/α,β-unsaturated/α-hetero) is 1. The number of carbonyl (C=O) groups is 2. The molecule has 10 heteroatoms. The van der Waals surface area contributed by atoms with Gasteiger partial charge in [0.05, 0.1) is 49.3 Å². The highest BCUT2D eigenvalue weighted by molar-refractivity contribution is 7.22. The molecule has 3 aromatic carbocycles. The Morgan fingerprint density at radius 2 is 1.65 bits per heavy atom. The number of ketones is 1. The smallest absolute Gasteiger partial charge is 0.301 e. The van der Waals surface area contributed by atoms with Gasteiger partial charge in [-0.15, -0.1) is 0 Å². The SMILES string of the molecule is CCOc1cccc(/C(O)=C2\C(=O)C(=O)N(c3nc4ccc(OCC)cc4s3)C2c2ccc(OC)c(OC)c2)c1. The second-order valence-corrected chi connectivity index (χ2v) is 9.81. The summed E-state index contributed by atoms with van der Waals surface area (Å²) in [5.41, 5.74) is 1.47. The van der Waals surface area contributed by atoms with E-state index in [0.717, 1.165) is 4.70 Å². The van der Waals surface area contributed by atoms with Crippen molar-refractivity contribution in [3.8, 4) is 23.0 Å². The zero-order valence-electron chi connectivity index (χ0n) is 22.5. The molecule has 1 amide bonds. The van der Waals surface area contributed by atoms with E-state index < -0.39 is 17.7 Å². The Kier molecular flexibility index (Phi) is 7.61. The molecule has 1 aliphatic heterocycles. The van der Waals surface area contributed by atoms with Gasteiger partial charge < -0.3 is 24.1 Å². The predicted octanol–water partition coefficient (Wildman–Crippen LogP) is 5.74. The number of amides is 1. The Morgan fingerprint density at radius 1 is 0.925 bits per heavy atom. The zero-order chi connectivity index (χ0) is 28.4. The number of carbonyl (C=O) groups excluding carboxylic acids is 2. The number of fused-ring (bicyclic) bond motifs is 1. The van der Waals surface area contributed by atoms with Crippen LogP contribution in [0.15, 0.2) is 66.2 Å². The van der Waals surface area contributed by atoms with Crippen molar-refractivity contribution in [3.05, 3.63) is 77.4 Å². The number of aromatic nitrogens is 1. The van der Waals surface area contributed by atoms with E-state index in [-0.39, 0.29) is 11.3 Å². The first kappa shape index (κ1) is 27.0. The second kappa shape index (κ2) is 11.3. The van der Waals surface area contributed by atoms with Crippen LogP contribution in [0.2, 0.25) is 0 Å². The lowest BCUT2D eigenvalue weighted by molar-refractivity contribution is -0.132. The van der Waals surface area contributed by atoms with Gasteiger partial charge in [0, 0.05) is 5.56 Å². The fourth-order valence-corrected chi connectivity index (χ4v) is 5.70. The van der Waals surface area contributed by atoms with E-state index in [1.807, 2.05) is 26.0 Å². The van der Waals surface area contributed by atoms with Gasteiger partial charge in [-0.25, -0.2) is 4.98 Å². The highest BCUT2D eigenvalue weighted by Gasteiger charge is 2.48. The molecule has 2 heterocycles. The van der Waals surface area contributed by atoms with E-state index in [1.165, 1.54) is 30.5 Å². The predicted molar refractivity (Wildman–Crippen MR) is 153 cm³/mol. The third-order valence-corrected chi connectivity index (χ3v) is 7.47. The Labute approximate surface area is 235 Å². The average molecular weight is 561 g/mol. The number of hydrogen-bond acceptors (Lipinski definition) is 9. The number of aliphatic hydroxyl groups excluding tert-OH is 1. The van der Waals surface area contributed by atoms with Crippen LogP contribution in [0.3, 0.4) is 0 Å². The largest absolute Gasteiger partial charge is 0.507 e. The maximum atomic E-state index is 13.6. The van der Waals surface area contributed by atoms with Gasteiger partial charge >= 0.3 is 5.91 Å². The maximum Gasteiger partial charge on any atom is 0.301 e. The third-order valence-electron chi connectivity index (χ3n) is 6.45. The Morgan fingerprint density at radius 3 is 2.35 bits per heavy atom. The minimum Gasteiger partial charge on any atom is -0.507 e. The van der Waals surface area contributed by atoms with E-state index in [1.54, 1.807) is 48.5 Å². The molecule has 5 rings (SSSR count). The van der Waals surface area contributed by atoms with Crippen LogP contribution in [0.4, 0.5) is 5.13 Å². The van der Waals surface area contributed by atoms with Crippen LogP contribution in [-0.2, 0) is 9.59 Å². The quantitative estimate of drug-likeness (QED) is 0.157. The molecule has 0 saturated carbocycles. The van der Waals surface area contributed by atoms with E-state index in [0.29, 0.717) is 58.0 Å². The van der Waals surface area contributed by atoms with Crippen LogP contribution in [0.25, 0.3) is 16.0 Å². The number of nitrogens with zero attached hydrogens (tertiary/aromatic N) is 2. The molecular weight excluding hydrogens is 532 g/mol. The fourth-order valence-electron chi connectivity index (χ4n) is 4.68. The number of hydrogen-bond donors (Lipinski definition) is 1. The summed E-state index contributed by atoms with van der Waals surface area (Å²) in [5, 5.41) is 11.8. The third kappa shape index (κ3) is 4.82. The summed E-state index contributed by atoms with van der Waals surface area (Å²) in [6.45, 7) is 4.69. The lowest BCUT2D eigenvalue weighted by atomic mass is 9.95. The minimum absolute atomic E-state index is 0.0693. The second-order valence-electron chi connectivity index (χ2n) is 8.80. The van der Waals surface area contributed by atoms with Crippen LogP contribution in [0, 0.1) is 0 Å². The Balaban J connectivity index is 1.71. The number of rotatable bonds is 9. The van der Waals surface area contributed by atoms with Gasteiger partial charge in [-0.3, -0.25) is 14.5 Å². The Hall–Kier alpha value is -4.57. The number of aliphatic hydroxyl groups is 1. The summed E-state index contributed by atoms with van der Waals surface area (Å²) < 4.78 is 22.9. The molecule has 206 valence electrons. The highest BCUT2D eigenvalue weighted by atomic mass is 32.1. The van der Waals surface area contributed by atoms with Crippen molar-refractivity contribution < 1.29 is 33.6 Å². The Bertz CT molecular complexity index is 1630. The highest BCUT2D eigenvalue weighted by Crippen LogP contribution is 2.46. The standard InChI is InChI=1S/C30H28N2O7S/c1-5-38-19-9-7-8-18(14-19)27(33)25-26(17-10-13-22(36-3)23(15-17)37-4)32(29(35)28(25)34)30-31-21-12-11-20(39-6-2)16-24(21)40-30/h7-16,26,33H,5-6H2,1-4H3/b27-25+. The molecule has 1 aliphatic rings. The number of methoxy groups -OCH3 is 2. The van der Waals surface area contributed by atoms with Crippen LogP contribution in [0.5, 0.6) is 23.0 Å². The summed E-state index contributed by atoms with van der Waals surface area (Å²) in [4.78, 5) is 33.2. The number of anilines is 1. The molecule has 40 heavy (non-hydrogen) atoms. The van der Waals surface area contributed by atoms with Crippen molar-refractivity contribution in [2.24, 2.45) is 0 Å². The van der Waals surface area contributed by atoms with Gasteiger partial charge in [-0.2, -0.15) is 0 Å². The lowest BCUT2D eigenvalue weighted by Gasteiger charge is -2.23. The topological polar surface area (TPSA) is 107 Å². The first-order valence-electron chi connectivity index (χ1n) is 12.7. The molecule has 4 aromatic rings. The van der Waals surface area contributed by atoms with Gasteiger partial charge in [0.25, 0.3) is 5.78 Å². The first-order valence-corrected chi connectivity index (χ1v) is 13.5. The normalized spacial score (nSPS) is 16.4. The van der Waals surface area contributed by atoms with Crippen molar-refractivity contribution in [1.82, 2.24) is 4.98 Å². The van der Waals surface area contributed by atoms with Gasteiger partial charge in [0.2, 0.25) is 0 Å². The number of benzene rings is 3. The molecule has 1 aromatic heterocycles.